The summed E-state index contributed by atoms with van der Waals surface area (Å²) >= 11 is 0. The first-order valence-electron chi connectivity index (χ1n) is 13.8. The van der Waals surface area contributed by atoms with Crippen molar-refractivity contribution in [2.24, 2.45) is 10.7 Å². The second kappa shape index (κ2) is 20.0. The van der Waals surface area contributed by atoms with E-state index in [1.54, 1.807) is 6.20 Å². The fourth-order valence-electron chi connectivity index (χ4n) is 4.68. The molecule has 0 aromatic rings. The van der Waals surface area contributed by atoms with Crippen molar-refractivity contribution in [3.8, 4) is 0 Å². The van der Waals surface area contributed by atoms with Crippen LogP contribution in [0.4, 0.5) is 0 Å². The molecule has 0 aromatic heterocycles. The zero-order chi connectivity index (χ0) is 24.0. The van der Waals surface area contributed by atoms with Crippen LogP contribution in [0.2, 0.25) is 0 Å². The zero-order valence-electron chi connectivity index (χ0n) is 21.4. The highest BCUT2D eigenvalue weighted by molar-refractivity contribution is 5.80. The molecule has 0 saturated carbocycles. The van der Waals surface area contributed by atoms with Crippen LogP contribution in [0.1, 0.15) is 122 Å². The van der Waals surface area contributed by atoms with Crippen LogP contribution in [0.15, 0.2) is 29.5 Å². The topological polar surface area (TPSA) is 78.5 Å². The third-order valence-corrected chi connectivity index (χ3v) is 6.69. The summed E-state index contributed by atoms with van der Waals surface area (Å²) in [5.74, 6) is -0.129. The Balaban J connectivity index is 1.93. The molecule has 1 atom stereocenters. The minimum Gasteiger partial charge on any atom is -0.544 e. The predicted octanol–water partition coefficient (Wildman–Crippen LogP) is 5.99. The maximum absolute atomic E-state index is 11.2. The van der Waals surface area contributed by atoms with E-state index >= 15 is 0 Å². The molecule has 0 spiro atoms. The van der Waals surface area contributed by atoms with Crippen LogP contribution in [0, 0.1) is 0 Å². The smallest absolute Gasteiger partial charge is 0.207 e. The molecule has 2 N–H and O–H groups in total. The molecular formula is C28H51N3O2. The number of aliphatic carboxylic acids is 1. The number of unbranched alkanes of at least 4 members (excludes halogenated alkanes) is 15. The van der Waals surface area contributed by atoms with E-state index in [-0.39, 0.29) is 11.0 Å². The Kier molecular flexibility index (Phi) is 17.9. The number of nitrogens with two attached hydrogens (primary N) is 1. The van der Waals surface area contributed by atoms with Crippen LogP contribution >= 0.6 is 0 Å². The van der Waals surface area contributed by atoms with E-state index < -0.39 is 5.97 Å². The minimum absolute atomic E-state index is 0.0686. The van der Waals surface area contributed by atoms with Crippen LogP contribution in [0.25, 0.3) is 0 Å². The first-order valence-corrected chi connectivity index (χ1v) is 13.8. The van der Waals surface area contributed by atoms with Gasteiger partial charge >= 0.3 is 0 Å². The lowest BCUT2D eigenvalue weighted by Crippen LogP contribution is -2.55. The third-order valence-electron chi connectivity index (χ3n) is 6.69. The number of amidine groups is 1. The average Bonchev–Trinajstić information content (AvgIpc) is 3.16. The van der Waals surface area contributed by atoms with Gasteiger partial charge in [0, 0.05) is 13.0 Å². The Morgan fingerprint density at radius 3 is 1.91 bits per heavy atom. The maximum atomic E-state index is 11.2. The number of hydrogen-bond acceptors (Lipinski definition) is 4. The van der Waals surface area contributed by atoms with Crippen LogP contribution in [0.5, 0.6) is 0 Å². The fraction of sp³-hybridized carbons (Fsp3) is 0.786. The molecule has 0 aliphatic carbocycles. The Morgan fingerprint density at radius 1 is 0.879 bits per heavy atom. The third kappa shape index (κ3) is 14.4. The lowest BCUT2D eigenvalue weighted by molar-refractivity contribution is -0.780. The summed E-state index contributed by atoms with van der Waals surface area (Å²) in [5, 5.41) is 11.2. The summed E-state index contributed by atoms with van der Waals surface area (Å²) in [6.45, 7) is 3.21. The van der Waals surface area contributed by atoms with Gasteiger partial charge in [-0.25, -0.2) is 9.48 Å². The Labute approximate surface area is 203 Å². The van der Waals surface area contributed by atoms with E-state index in [0.29, 0.717) is 13.1 Å². The van der Waals surface area contributed by atoms with Crippen LogP contribution in [-0.2, 0) is 4.79 Å². The molecular weight excluding hydrogens is 410 g/mol. The van der Waals surface area contributed by atoms with Gasteiger partial charge in [0.2, 0.25) is 5.84 Å². The number of aliphatic imine (C=N–C) groups is 1. The van der Waals surface area contributed by atoms with E-state index in [1.165, 1.54) is 103 Å². The normalized spacial score (nSPS) is 17.8. The van der Waals surface area contributed by atoms with E-state index in [4.69, 9.17) is 5.73 Å². The maximum Gasteiger partial charge on any atom is 0.207 e. The molecule has 0 fully saturated rings. The summed E-state index contributed by atoms with van der Waals surface area (Å²) < 4.78 is 0.242. The van der Waals surface area contributed by atoms with Crippen molar-refractivity contribution in [3.63, 3.8) is 0 Å². The number of carboxylic acid groups (broad SMARTS) is 1. The Bertz CT molecular complexity index is 586. The molecule has 190 valence electrons. The molecule has 33 heavy (non-hydrogen) atoms. The molecule has 0 radical (unpaired) electrons. The van der Waals surface area contributed by atoms with Gasteiger partial charge in [-0.15, -0.1) is 0 Å². The van der Waals surface area contributed by atoms with E-state index in [9.17, 15) is 9.90 Å². The molecule has 0 aromatic carbocycles. The van der Waals surface area contributed by atoms with Gasteiger partial charge in [-0.2, -0.15) is 0 Å². The number of carbonyl (C=O) groups excluding carboxylic acids is 1. The average molecular weight is 462 g/mol. The van der Waals surface area contributed by atoms with E-state index in [1.807, 2.05) is 6.20 Å². The highest BCUT2D eigenvalue weighted by Gasteiger charge is 2.34. The first kappa shape index (κ1) is 29.6. The number of carbonyl (C=O) groups is 1. The van der Waals surface area contributed by atoms with Crippen molar-refractivity contribution in [1.29, 1.82) is 0 Å². The summed E-state index contributed by atoms with van der Waals surface area (Å²) in [6, 6.07) is 0. The Morgan fingerprint density at radius 2 is 1.39 bits per heavy atom. The standard InChI is InChI=1S/C28H51N3O2/c1-2-3-4-5-6-7-8-9-10-11-12-13-14-15-16-17-18-19-20-21-27-30-23-25-31(27,24-22-29)26-28(32)33/h10-11,23,25H,2-9,12-22,24,26,29H2,1H3/b11-10+. The summed E-state index contributed by atoms with van der Waals surface area (Å²) in [5.41, 5.74) is 5.71. The molecule has 0 bridgehead atoms. The van der Waals surface area contributed by atoms with Crippen molar-refractivity contribution < 1.29 is 14.4 Å². The zero-order valence-corrected chi connectivity index (χ0v) is 21.4. The quantitative estimate of drug-likeness (QED) is 0.115. The molecule has 5 nitrogen and oxygen atoms in total. The van der Waals surface area contributed by atoms with Gasteiger partial charge in [0.05, 0.1) is 12.2 Å². The van der Waals surface area contributed by atoms with Gasteiger partial charge in [0.1, 0.15) is 19.3 Å². The SMILES string of the molecule is CCCCCCCCC/C=C/CCCCCCCCCCC1=NC=C[N+]1(CCN)CC(=O)[O-]. The Hall–Kier alpha value is -1.46. The summed E-state index contributed by atoms with van der Waals surface area (Å²) in [6.07, 6.45) is 31.5. The first-order chi connectivity index (χ1) is 16.1. The fourth-order valence-corrected chi connectivity index (χ4v) is 4.68. The van der Waals surface area contributed by atoms with Crippen molar-refractivity contribution in [1.82, 2.24) is 0 Å². The van der Waals surface area contributed by atoms with Crippen LogP contribution in [0.3, 0.4) is 0 Å². The highest BCUT2D eigenvalue weighted by Crippen LogP contribution is 2.21. The molecule has 0 saturated heterocycles. The number of allylic oxidation sites excluding steroid dienone is 2. The minimum atomic E-state index is -1.05. The van der Waals surface area contributed by atoms with Crippen molar-refractivity contribution >= 4 is 11.8 Å². The van der Waals surface area contributed by atoms with Gasteiger partial charge in [0.25, 0.3) is 0 Å². The monoisotopic (exact) mass is 461 g/mol. The summed E-state index contributed by atoms with van der Waals surface area (Å²) in [7, 11) is 0. The van der Waals surface area contributed by atoms with Crippen molar-refractivity contribution in [3.05, 3.63) is 24.6 Å². The van der Waals surface area contributed by atoms with Gasteiger partial charge in [-0.3, -0.25) is 0 Å². The molecule has 1 unspecified atom stereocenters. The molecule has 0 amide bonds. The van der Waals surface area contributed by atoms with E-state index in [0.717, 1.165) is 18.7 Å². The number of hydrogen-bond donors (Lipinski definition) is 1. The van der Waals surface area contributed by atoms with Gasteiger partial charge < -0.3 is 15.6 Å². The van der Waals surface area contributed by atoms with Crippen LogP contribution in [-0.4, -0.2) is 35.9 Å². The summed E-state index contributed by atoms with van der Waals surface area (Å²) in [4.78, 5) is 15.6. The van der Waals surface area contributed by atoms with Gasteiger partial charge in [0.15, 0.2) is 0 Å². The second-order valence-corrected chi connectivity index (χ2v) is 9.67. The van der Waals surface area contributed by atoms with Crippen molar-refractivity contribution in [2.75, 3.05) is 19.6 Å². The lowest BCUT2D eigenvalue weighted by atomic mass is 10.1. The second-order valence-electron chi connectivity index (χ2n) is 9.67. The molecule has 5 heteroatoms. The molecule has 1 aliphatic heterocycles. The molecule has 1 heterocycles. The van der Waals surface area contributed by atoms with Crippen LogP contribution < -0.4 is 10.8 Å². The lowest BCUT2D eigenvalue weighted by Gasteiger charge is -2.32. The van der Waals surface area contributed by atoms with Crippen molar-refractivity contribution in [2.45, 2.75) is 122 Å². The highest BCUT2D eigenvalue weighted by atomic mass is 16.4. The largest absolute Gasteiger partial charge is 0.544 e. The number of rotatable bonds is 23. The number of quaternary nitrogens is 1. The van der Waals surface area contributed by atoms with Gasteiger partial charge in [-0.05, 0) is 32.1 Å². The van der Waals surface area contributed by atoms with E-state index in [2.05, 4.69) is 24.1 Å². The predicted molar refractivity (Wildman–Crippen MR) is 139 cm³/mol. The molecule has 1 rings (SSSR count). The molecule has 1 aliphatic rings. The van der Waals surface area contributed by atoms with Gasteiger partial charge in [-0.1, -0.05) is 96.1 Å². The number of carboxylic acids is 1. The number of nitrogens with zero attached hydrogens (tertiary/aromatic N) is 2.